The molecule has 6 heteroatoms. The zero-order valence-corrected chi connectivity index (χ0v) is 20.9. The Hall–Kier alpha value is -3.64. The number of aromatic nitrogens is 2. The Labute approximate surface area is 207 Å². The molecule has 0 radical (unpaired) electrons. The standard InChI is InChI=1S/C29H33N3O3/c1-5-23-13-11-12-21(2)29(23)32(22(3)19-34-4)28(33)18-31-26-17-10-9-16-25(26)30-27(31)20-35-24-14-7-6-8-15-24/h6-17,22H,5,18-20H2,1-4H3/t22-/m0/s1. The number of benzene rings is 3. The van der Waals surface area contributed by atoms with Crippen molar-refractivity contribution >= 4 is 22.6 Å². The molecule has 1 atom stereocenters. The van der Waals surface area contributed by atoms with Crippen molar-refractivity contribution in [1.29, 1.82) is 0 Å². The van der Waals surface area contributed by atoms with Crippen molar-refractivity contribution in [1.82, 2.24) is 9.55 Å². The van der Waals surface area contributed by atoms with Gasteiger partial charge >= 0.3 is 0 Å². The number of fused-ring (bicyclic) bond motifs is 1. The lowest BCUT2D eigenvalue weighted by Crippen LogP contribution is -2.44. The van der Waals surface area contributed by atoms with Gasteiger partial charge in [-0.05, 0) is 55.7 Å². The maximum atomic E-state index is 14.0. The van der Waals surface area contributed by atoms with Crippen LogP contribution in [-0.2, 0) is 29.1 Å². The van der Waals surface area contributed by atoms with E-state index in [1.54, 1.807) is 7.11 Å². The third-order valence-electron chi connectivity index (χ3n) is 6.20. The highest BCUT2D eigenvalue weighted by atomic mass is 16.5. The van der Waals surface area contributed by atoms with Gasteiger partial charge in [-0.1, -0.05) is 55.5 Å². The van der Waals surface area contributed by atoms with Crippen molar-refractivity contribution in [2.45, 2.75) is 46.4 Å². The fourth-order valence-corrected chi connectivity index (χ4v) is 4.54. The topological polar surface area (TPSA) is 56.6 Å². The molecule has 1 aromatic heterocycles. The smallest absolute Gasteiger partial charge is 0.247 e. The van der Waals surface area contributed by atoms with Gasteiger partial charge in [0.1, 0.15) is 24.7 Å². The van der Waals surface area contributed by atoms with Gasteiger partial charge in [0, 0.05) is 7.11 Å². The second kappa shape index (κ2) is 11.2. The van der Waals surface area contributed by atoms with E-state index < -0.39 is 0 Å². The van der Waals surface area contributed by atoms with Crippen LogP contribution in [0.2, 0.25) is 0 Å². The Bertz CT molecular complexity index is 1280. The second-order valence-corrected chi connectivity index (χ2v) is 8.71. The second-order valence-electron chi connectivity index (χ2n) is 8.71. The highest BCUT2D eigenvalue weighted by molar-refractivity contribution is 5.96. The van der Waals surface area contributed by atoms with Gasteiger partial charge in [0.2, 0.25) is 5.91 Å². The Kier molecular flexibility index (Phi) is 7.83. The van der Waals surface area contributed by atoms with Crippen molar-refractivity contribution in [3.05, 3.63) is 89.7 Å². The van der Waals surface area contributed by atoms with Gasteiger partial charge in [-0.3, -0.25) is 4.79 Å². The molecule has 0 N–H and O–H groups in total. The summed E-state index contributed by atoms with van der Waals surface area (Å²) in [7, 11) is 1.67. The quantitative estimate of drug-likeness (QED) is 0.304. The molecular weight excluding hydrogens is 438 g/mol. The molecule has 0 aliphatic carbocycles. The van der Waals surface area contributed by atoms with Crippen molar-refractivity contribution in [3.63, 3.8) is 0 Å². The van der Waals surface area contributed by atoms with Crippen molar-refractivity contribution in [3.8, 4) is 5.75 Å². The molecule has 4 rings (SSSR count). The molecule has 1 heterocycles. The lowest BCUT2D eigenvalue weighted by molar-refractivity contribution is -0.119. The van der Waals surface area contributed by atoms with Gasteiger partial charge in [-0.2, -0.15) is 0 Å². The van der Waals surface area contributed by atoms with Crippen LogP contribution in [0.4, 0.5) is 5.69 Å². The summed E-state index contributed by atoms with van der Waals surface area (Å²) in [6, 6.07) is 23.6. The third kappa shape index (κ3) is 5.38. The average Bonchev–Trinajstić information content (AvgIpc) is 3.22. The number of para-hydroxylation sites is 4. The summed E-state index contributed by atoms with van der Waals surface area (Å²) in [6.07, 6.45) is 0.838. The van der Waals surface area contributed by atoms with Crippen LogP contribution in [0.3, 0.4) is 0 Å². The highest BCUT2D eigenvalue weighted by Gasteiger charge is 2.27. The van der Waals surface area contributed by atoms with E-state index >= 15 is 0 Å². The number of rotatable bonds is 10. The van der Waals surface area contributed by atoms with E-state index in [-0.39, 0.29) is 25.1 Å². The number of hydrogen-bond acceptors (Lipinski definition) is 4. The number of imidazole rings is 1. The maximum absolute atomic E-state index is 14.0. The summed E-state index contributed by atoms with van der Waals surface area (Å²) in [5.74, 6) is 1.46. The number of aryl methyl sites for hydroxylation is 2. The minimum absolute atomic E-state index is 0.0114. The number of carbonyl (C=O) groups excluding carboxylic acids is 1. The van der Waals surface area contributed by atoms with E-state index in [2.05, 4.69) is 26.0 Å². The monoisotopic (exact) mass is 471 g/mol. The van der Waals surface area contributed by atoms with E-state index in [0.717, 1.165) is 40.0 Å². The molecule has 0 saturated carbocycles. The molecule has 182 valence electrons. The lowest BCUT2D eigenvalue weighted by atomic mass is 10.0. The molecule has 35 heavy (non-hydrogen) atoms. The van der Waals surface area contributed by atoms with Crippen LogP contribution in [0.15, 0.2) is 72.8 Å². The predicted molar refractivity (Wildman–Crippen MR) is 140 cm³/mol. The van der Waals surface area contributed by atoms with Crippen LogP contribution in [0.5, 0.6) is 5.75 Å². The molecule has 6 nitrogen and oxygen atoms in total. The van der Waals surface area contributed by atoms with Crippen molar-refractivity contribution in [2.75, 3.05) is 18.6 Å². The number of ether oxygens (including phenoxy) is 2. The number of nitrogens with zero attached hydrogens (tertiary/aromatic N) is 3. The van der Waals surface area contributed by atoms with Crippen LogP contribution < -0.4 is 9.64 Å². The normalized spacial score (nSPS) is 12.0. The first-order valence-electron chi connectivity index (χ1n) is 12.0. The SMILES string of the molecule is CCc1cccc(C)c1N(C(=O)Cn1c(COc2ccccc2)nc2ccccc21)[C@@H](C)COC. The first-order valence-corrected chi connectivity index (χ1v) is 12.0. The zero-order valence-electron chi connectivity index (χ0n) is 20.9. The molecule has 0 unspecified atom stereocenters. The first kappa shape index (κ1) is 24.5. The Morgan fingerprint density at radius 1 is 1.03 bits per heavy atom. The minimum Gasteiger partial charge on any atom is -0.486 e. The maximum Gasteiger partial charge on any atom is 0.247 e. The van der Waals surface area contributed by atoms with Gasteiger partial charge in [0.25, 0.3) is 0 Å². The Morgan fingerprint density at radius 3 is 2.51 bits per heavy atom. The number of anilines is 1. The van der Waals surface area contributed by atoms with Gasteiger partial charge in [-0.15, -0.1) is 0 Å². The van der Waals surface area contributed by atoms with E-state index in [9.17, 15) is 4.79 Å². The molecule has 0 spiro atoms. The van der Waals surface area contributed by atoms with Gasteiger partial charge < -0.3 is 18.9 Å². The molecular formula is C29H33N3O3. The van der Waals surface area contributed by atoms with E-state index in [1.807, 2.05) is 77.1 Å². The number of amides is 1. The largest absolute Gasteiger partial charge is 0.486 e. The minimum atomic E-state index is -0.127. The Morgan fingerprint density at radius 2 is 1.77 bits per heavy atom. The van der Waals surface area contributed by atoms with Gasteiger partial charge in [0.15, 0.2) is 0 Å². The van der Waals surface area contributed by atoms with Crippen LogP contribution >= 0.6 is 0 Å². The summed E-state index contributed by atoms with van der Waals surface area (Å²) in [4.78, 5) is 20.7. The fourth-order valence-electron chi connectivity index (χ4n) is 4.54. The summed E-state index contributed by atoms with van der Waals surface area (Å²) >= 11 is 0. The molecule has 1 amide bonds. The Balaban J connectivity index is 1.71. The van der Waals surface area contributed by atoms with Crippen LogP contribution in [0.1, 0.15) is 30.8 Å². The van der Waals surface area contributed by atoms with Crippen LogP contribution in [0.25, 0.3) is 11.0 Å². The number of hydrogen-bond donors (Lipinski definition) is 0. The molecule has 0 bridgehead atoms. The zero-order chi connectivity index (χ0) is 24.8. The molecule has 3 aromatic carbocycles. The predicted octanol–water partition coefficient (Wildman–Crippen LogP) is 5.55. The summed E-state index contributed by atoms with van der Waals surface area (Å²) in [6.45, 7) is 7.06. The molecule has 0 fully saturated rings. The van der Waals surface area contributed by atoms with E-state index in [1.165, 1.54) is 0 Å². The van der Waals surface area contributed by atoms with Crippen LogP contribution in [0, 0.1) is 6.92 Å². The van der Waals surface area contributed by atoms with Gasteiger partial charge in [0.05, 0.1) is 29.4 Å². The number of carbonyl (C=O) groups is 1. The summed E-state index contributed by atoms with van der Waals surface area (Å²) in [5, 5.41) is 0. The van der Waals surface area contributed by atoms with Crippen molar-refractivity contribution in [2.24, 2.45) is 0 Å². The lowest BCUT2D eigenvalue weighted by Gasteiger charge is -2.32. The highest BCUT2D eigenvalue weighted by Crippen LogP contribution is 2.29. The molecule has 4 aromatic rings. The van der Waals surface area contributed by atoms with Gasteiger partial charge in [-0.25, -0.2) is 4.98 Å². The summed E-state index contributed by atoms with van der Waals surface area (Å²) < 4.78 is 13.4. The molecule has 0 aliphatic rings. The fraction of sp³-hybridized carbons (Fsp3) is 0.310. The van der Waals surface area contributed by atoms with E-state index in [4.69, 9.17) is 14.5 Å². The molecule has 0 aliphatic heterocycles. The third-order valence-corrected chi connectivity index (χ3v) is 6.20. The van der Waals surface area contributed by atoms with Crippen LogP contribution in [-0.4, -0.2) is 35.2 Å². The number of methoxy groups -OCH3 is 1. The summed E-state index contributed by atoms with van der Waals surface area (Å²) in [5.41, 5.74) is 4.94. The van der Waals surface area contributed by atoms with Crippen molar-refractivity contribution < 1.29 is 14.3 Å². The first-order chi connectivity index (χ1) is 17.0. The average molecular weight is 472 g/mol. The molecule has 0 saturated heterocycles. The van der Waals surface area contributed by atoms with E-state index in [0.29, 0.717) is 12.4 Å².